The molecule has 30 heavy (non-hydrogen) atoms. The van der Waals surface area contributed by atoms with Gasteiger partial charge >= 0.3 is 0 Å². The van der Waals surface area contributed by atoms with E-state index in [0.717, 1.165) is 22.6 Å². The lowest BCUT2D eigenvalue weighted by Gasteiger charge is -2.11. The molecule has 0 atom stereocenters. The van der Waals surface area contributed by atoms with Crippen LogP contribution in [-0.4, -0.2) is 26.4 Å². The molecule has 0 unspecified atom stereocenters. The van der Waals surface area contributed by atoms with Crippen molar-refractivity contribution < 1.29 is 4.79 Å². The molecule has 3 aromatic carbocycles. The van der Waals surface area contributed by atoms with Gasteiger partial charge in [-0.05, 0) is 30.2 Å². The van der Waals surface area contributed by atoms with Crippen LogP contribution in [0.5, 0.6) is 0 Å². The third kappa shape index (κ3) is 4.60. The zero-order valence-corrected chi connectivity index (χ0v) is 17.5. The van der Waals surface area contributed by atoms with Gasteiger partial charge in [0.25, 0.3) is 0 Å². The highest BCUT2D eigenvalue weighted by molar-refractivity contribution is 7.99. The van der Waals surface area contributed by atoms with Crippen LogP contribution in [0.15, 0.2) is 90.1 Å². The Morgan fingerprint density at radius 3 is 2.30 bits per heavy atom. The summed E-state index contributed by atoms with van der Waals surface area (Å²) in [6, 6.07) is 28.0. The largest absolute Gasteiger partial charge is 0.351 e. The summed E-state index contributed by atoms with van der Waals surface area (Å²) in [5, 5.41) is 12.5. The van der Waals surface area contributed by atoms with E-state index in [1.165, 1.54) is 17.3 Å². The van der Waals surface area contributed by atoms with Gasteiger partial charge in [0.1, 0.15) is 0 Å². The molecule has 0 saturated carbocycles. The van der Waals surface area contributed by atoms with E-state index in [4.69, 9.17) is 0 Å². The van der Waals surface area contributed by atoms with Crippen LogP contribution in [0.1, 0.15) is 11.1 Å². The molecule has 4 rings (SSSR count). The molecule has 0 radical (unpaired) electrons. The van der Waals surface area contributed by atoms with E-state index >= 15 is 0 Å². The second-order valence-electron chi connectivity index (χ2n) is 6.84. The molecule has 0 saturated heterocycles. The SMILES string of the molecule is Cc1ccccc1CNC(=O)CSc1nnc(-c2ccccc2)n1-c1ccccc1. The van der Waals surface area contributed by atoms with Crippen LogP contribution in [0.3, 0.4) is 0 Å². The second-order valence-corrected chi connectivity index (χ2v) is 7.78. The number of carbonyl (C=O) groups excluding carboxylic acids is 1. The highest BCUT2D eigenvalue weighted by atomic mass is 32.2. The van der Waals surface area contributed by atoms with Crippen LogP contribution < -0.4 is 5.32 Å². The number of amides is 1. The first-order valence-electron chi connectivity index (χ1n) is 9.72. The lowest BCUT2D eigenvalue weighted by atomic mass is 10.1. The maximum Gasteiger partial charge on any atom is 0.230 e. The molecule has 150 valence electrons. The molecule has 1 heterocycles. The molecule has 0 aliphatic rings. The molecule has 1 N–H and O–H groups in total. The van der Waals surface area contributed by atoms with Crippen molar-refractivity contribution in [1.29, 1.82) is 0 Å². The van der Waals surface area contributed by atoms with Crippen molar-refractivity contribution in [3.63, 3.8) is 0 Å². The molecular weight excluding hydrogens is 392 g/mol. The van der Waals surface area contributed by atoms with Gasteiger partial charge in [0.05, 0.1) is 5.75 Å². The van der Waals surface area contributed by atoms with Gasteiger partial charge in [0, 0.05) is 17.8 Å². The molecule has 1 aromatic heterocycles. The van der Waals surface area contributed by atoms with E-state index in [1.54, 1.807) is 0 Å². The summed E-state index contributed by atoms with van der Waals surface area (Å²) in [6.07, 6.45) is 0. The van der Waals surface area contributed by atoms with E-state index in [2.05, 4.69) is 15.5 Å². The van der Waals surface area contributed by atoms with Gasteiger partial charge in [-0.3, -0.25) is 9.36 Å². The number of thioether (sulfide) groups is 1. The van der Waals surface area contributed by atoms with Crippen molar-refractivity contribution in [2.24, 2.45) is 0 Å². The Morgan fingerprint density at radius 2 is 1.57 bits per heavy atom. The standard InChI is InChI=1S/C24H22N4OS/c1-18-10-8-9-13-20(18)16-25-22(29)17-30-24-27-26-23(19-11-4-2-5-12-19)28(24)21-14-6-3-7-15-21/h2-15H,16-17H2,1H3,(H,25,29). The molecule has 0 fully saturated rings. The Bertz CT molecular complexity index is 1130. The fourth-order valence-electron chi connectivity index (χ4n) is 3.13. The van der Waals surface area contributed by atoms with Crippen LogP contribution in [0, 0.1) is 6.92 Å². The molecule has 5 nitrogen and oxygen atoms in total. The van der Waals surface area contributed by atoms with Crippen LogP contribution >= 0.6 is 11.8 Å². The smallest absolute Gasteiger partial charge is 0.230 e. The van der Waals surface area contributed by atoms with E-state index in [0.29, 0.717) is 11.7 Å². The van der Waals surface area contributed by atoms with Gasteiger partial charge in [0.15, 0.2) is 11.0 Å². The number of hydrogen-bond donors (Lipinski definition) is 1. The van der Waals surface area contributed by atoms with Gasteiger partial charge in [0.2, 0.25) is 5.91 Å². The Balaban J connectivity index is 1.51. The zero-order valence-electron chi connectivity index (χ0n) is 16.7. The topological polar surface area (TPSA) is 59.8 Å². The summed E-state index contributed by atoms with van der Waals surface area (Å²) in [5.41, 5.74) is 4.23. The van der Waals surface area contributed by atoms with Crippen molar-refractivity contribution in [2.45, 2.75) is 18.6 Å². The van der Waals surface area contributed by atoms with Crippen molar-refractivity contribution in [3.05, 3.63) is 96.1 Å². The fourth-order valence-corrected chi connectivity index (χ4v) is 3.91. The summed E-state index contributed by atoms with van der Waals surface area (Å²) in [4.78, 5) is 12.4. The maximum atomic E-state index is 12.4. The minimum atomic E-state index is -0.0351. The second kappa shape index (κ2) is 9.41. The molecule has 6 heteroatoms. The quantitative estimate of drug-likeness (QED) is 0.447. The number of carbonyl (C=O) groups is 1. The Morgan fingerprint density at radius 1 is 0.900 bits per heavy atom. The third-order valence-electron chi connectivity index (χ3n) is 4.75. The van der Waals surface area contributed by atoms with Gasteiger partial charge in [-0.25, -0.2) is 0 Å². The maximum absolute atomic E-state index is 12.4. The first kappa shape index (κ1) is 19.9. The Kier molecular flexibility index (Phi) is 6.25. The van der Waals surface area contributed by atoms with Gasteiger partial charge < -0.3 is 5.32 Å². The summed E-state index contributed by atoms with van der Waals surface area (Å²) >= 11 is 1.38. The summed E-state index contributed by atoms with van der Waals surface area (Å²) in [5.74, 6) is 0.989. The highest BCUT2D eigenvalue weighted by Gasteiger charge is 2.17. The van der Waals surface area contributed by atoms with Crippen molar-refractivity contribution in [1.82, 2.24) is 20.1 Å². The molecule has 0 aliphatic carbocycles. The lowest BCUT2D eigenvalue weighted by Crippen LogP contribution is -2.25. The van der Waals surface area contributed by atoms with Crippen LogP contribution in [0.25, 0.3) is 17.1 Å². The fraction of sp³-hybridized carbons (Fsp3) is 0.125. The normalized spacial score (nSPS) is 10.7. The number of rotatable bonds is 7. The molecule has 0 aliphatic heterocycles. The van der Waals surface area contributed by atoms with E-state index < -0.39 is 0 Å². The van der Waals surface area contributed by atoms with E-state index in [9.17, 15) is 4.79 Å². The minimum Gasteiger partial charge on any atom is -0.351 e. The van der Waals surface area contributed by atoms with Crippen LogP contribution in [0.2, 0.25) is 0 Å². The zero-order chi connectivity index (χ0) is 20.8. The first-order valence-corrected chi connectivity index (χ1v) is 10.7. The number of hydrogen-bond acceptors (Lipinski definition) is 4. The average Bonchev–Trinajstić information content (AvgIpc) is 3.22. The predicted octanol–water partition coefficient (Wildman–Crippen LogP) is 4.65. The summed E-state index contributed by atoms with van der Waals surface area (Å²) in [6.45, 7) is 2.57. The van der Waals surface area contributed by atoms with Crippen molar-refractivity contribution in [3.8, 4) is 17.1 Å². The third-order valence-corrected chi connectivity index (χ3v) is 5.68. The number of nitrogens with zero attached hydrogens (tertiary/aromatic N) is 3. The Labute approximate surface area is 180 Å². The number of para-hydroxylation sites is 1. The van der Waals surface area contributed by atoms with E-state index in [-0.39, 0.29) is 11.7 Å². The number of aromatic nitrogens is 3. The molecular formula is C24H22N4OS. The van der Waals surface area contributed by atoms with Crippen molar-refractivity contribution >= 4 is 17.7 Å². The summed E-state index contributed by atoms with van der Waals surface area (Å²) < 4.78 is 1.99. The minimum absolute atomic E-state index is 0.0351. The molecule has 1 amide bonds. The first-order chi connectivity index (χ1) is 14.7. The average molecular weight is 415 g/mol. The number of aryl methyl sites for hydroxylation is 1. The monoisotopic (exact) mass is 414 g/mol. The predicted molar refractivity (Wildman–Crippen MR) is 121 cm³/mol. The molecule has 4 aromatic rings. The van der Waals surface area contributed by atoms with Crippen LogP contribution in [-0.2, 0) is 11.3 Å². The van der Waals surface area contributed by atoms with Gasteiger partial charge in [-0.1, -0.05) is 84.6 Å². The van der Waals surface area contributed by atoms with Gasteiger partial charge in [-0.2, -0.15) is 0 Å². The van der Waals surface area contributed by atoms with Crippen molar-refractivity contribution in [2.75, 3.05) is 5.75 Å². The van der Waals surface area contributed by atoms with Crippen LogP contribution in [0.4, 0.5) is 0 Å². The molecule has 0 bridgehead atoms. The molecule has 0 spiro atoms. The summed E-state index contributed by atoms with van der Waals surface area (Å²) in [7, 11) is 0. The Hall–Kier alpha value is -3.38. The van der Waals surface area contributed by atoms with Gasteiger partial charge in [-0.15, -0.1) is 10.2 Å². The number of nitrogens with one attached hydrogen (secondary N) is 1. The van der Waals surface area contributed by atoms with E-state index in [1.807, 2.05) is 96.4 Å². The number of benzene rings is 3. The highest BCUT2D eigenvalue weighted by Crippen LogP contribution is 2.27. The lowest BCUT2D eigenvalue weighted by molar-refractivity contribution is -0.118.